The maximum atomic E-state index is 12.1. The van der Waals surface area contributed by atoms with Crippen LogP contribution in [0, 0.1) is 0 Å². The number of halogens is 3. The number of alkyl halides is 3. The maximum Gasteiger partial charge on any atom is 0.445 e. The minimum Gasteiger partial charge on any atom is -0.359 e. The molecule has 0 spiro atoms. The van der Waals surface area contributed by atoms with Gasteiger partial charge in [-0.05, 0) is 7.05 Å². The highest BCUT2D eigenvalue weighted by atomic mass is 32.1. The van der Waals surface area contributed by atoms with Crippen molar-refractivity contribution in [1.29, 1.82) is 0 Å². The number of aromatic nitrogens is 2. The lowest BCUT2D eigenvalue weighted by Crippen LogP contribution is -2.17. The van der Waals surface area contributed by atoms with Crippen LogP contribution in [0.15, 0.2) is 0 Å². The molecule has 0 saturated carbocycles. The molecule has 0 aliphatic heterocycles. The van der Waals surface area contributed by atoms with Crippen LogP contribution in [0.4, 0.5) is 18.3 Å². The molecule has 0 atom stereocenters. The van der Waals surface area contributed by atoms with Gasteiger partial charge in [0.2, 0.25) is 10.1 Å². The second-order valence-corrected chi connectivity index (χ2v) is 3.42. The second kappa shape index (κ2) is 4.56. The number of nitrogens with one attached hydrogen (secondary N) is 2. The number of likely N-dealkylation sites (N-methyl/N-ethyl adjacent to an activating group) is 1. The summed E-state index contributed by atoms with van der Waals surface area (Å²) in [4.78, 5) is 0. The molecule has 4 nitrogen and oxygen atoms in total. The number of hydrogen-bond donors (Lipinski definition) is 2. The molecule has 1 aromatic heterocycles. The standard InChI is InChI=1S/C6H9F3N4S/c1-10-2-3-11-5-13-12-4(14-5)6(7,8)9/h10H,2-3H2,1H3,(H,11,13). The minimum atomic E-state index is -4.40. The molecule has 0 unspecified atom stereocenters. The van der Waals surface area contributed by atoms with E-state index < -0.39 is 11.2 Å². The van der Waals surface area contributed by atoms with Gasteiger partial charge in [0.25, 0.3) is 0 Å². The van der Waals surface area contributed by atoms with E-state index >= 15 is 0 Å². The van der Waals surface area contributed by atoms with Gasteiger partial charge in [0.15, 0.2) is 0 Å². The van der Waals surface area contributed by atoms with Crippen LogP contribution in [0.2, 0.25) is 0 Å². The summed E-state index contributed by atoms with van der Waals surface area (Å²) in [5.74, 6) is 0. The first-order chi connectivity index (χ1) is 6.54. The van der Waals surface area contributed by atoms with Gasteiger partial charge in [-0.15, -0.1) is 10.2 Å². The zero-order valence-electron chi connectivity index (χ0n) is 7.35. The van der Waals surface area contributed by atoms with Crippen LogP contribution < -0.4 is 10.6 Å². The topological polar surface area (TPSA) is 49.8 Å². The molecule has 8 heteroatoms. The molecule has 1 heterocycles. The predicted octanol–water partition coefficient (Wildman–Crippen LogP) is 1.19. The van der Waals surface area contributed by atoms with E-state index in [9.17, 15) is 13.2 Å². The lowest BCUT2D eigenvalue weighted by Gasteiger charge is -2.00. The van der Waals surface area contributed by atoms with Crippen LogP contribution in [0.25, 0.3) is 0 Å². The molecule has 1 aromatic rings. The highest BCUT2D eigenvalue weighted by molar-refractivity contribution is 7.15. The highest BCUT2D eigenvalue weighted by Crippen LogP contribution is 2.32. The van der Waals surface area contributed by atoms with Gasteiger partial charge in [0.1, 0.15) is 0 Å². The van der Waals surface area contributed by atoms with Crippen LogP contribution in [-0.2, 0) is 6.18 Å². The van der Waals surface area contributed by atoms with E-state index in [-0.39, 0.29) is 5.13 Å². The van der Waals surface area contributed by atoms with Crippen LogP contribution in [0.5, 0.6) is 0 Å². The molecule has 0 aliphatic rings. The molecule has 80 valence electrons. The third-order valence-electron chi connectivity index (χ3n) is 1.32. The van der Waals surface area contributed by atoms with Gasteiger partial charge >= 0.3 is 6.18 Å². The molecule has 0 amide bonds. The first-order valence-corrected chi connectivity index (χ1v) is 4.65. The molecule has 0 aliphatic carbocycles. The van der Waals surface area contributed by atoms with Gasteiger partial charge in [0.05, 0.1) is 0 Å². The monoisotopic (exact) mass is 226 g/mol. The summed E-state index contributed by atoms with van der Waals surface area (Å²) in [5.41, 5.74) is 0. The van der Waals surface area contributed by atoms with Gasteiger partial charge in [-0.2, -0.15) is 13.2 Å². The van der Waals surface area contributed by atoms with Crippen molar-refractivity contribution in [3.63, 3.8) is 0 Å². The van der Waals surface area contributed by atoms with Crippen LogP contribution in [0.1, 0.15) is 5.01 Å². The normalized spacial score (nSPS) is 11.7. The zero-order valence-corrected chi connectivity index (χ0v) is 8.17. The molecule has 0 radical (unpaired) electrons. The van der Waals surface area contributed by atoms with Crippen molar-refractivity contribution in [2.45, 2.75) is 6.18 Å². The smallest absolute Gasteiger partial charge is 0.359 e. The number of nitrogens with zero attached hydrogens (tertiary/aromatic N) is 2. The Hall–Kier alpha value is -0.890. The Morgan fingerprint density at radius 2 is 2.00 bits per heavy atom. The Morgan fingerprint density at radius 1 is 1.29 bits per heavy atom. The largest absolute Gasteiger partial charge is 0.445 e. The molecule has 0 fully saturated rings. The third-order valence-corrected chi connectivity index (χ3v) is 2.24. The van der Waals surface area contributed by atoms with E-state index in [1.807, 2.05) is 0 Å². The summed E-state index contributed by atoms with van der Waals surface area (Å²) in [6.45, 7) is 1.17. The average molecular weight is 226 g/mol. The lowest BCUT2D eigenvalue weighted by atomic mass is 10.6. The Balaban J connectivity index is 2.51. The van der Waals surface area contributed by atoms with Crippen LogP contribution >= 0.6 is 11.3 Å². The minimum absolute atomic E-state index is 0.188. The molecule has 14 heavy (non-hydrogen) atoms. The first-order valence-electron chi connectivity index (χ1n) is 3.83. The Morgan fingerprint density at radius 3 is 2.50 bits per heavy atom. The number of hydrogen-bond acceptors (Lipinski definition) is 5. The van der Waals surface area contributed by atoms with E-state index in [1.54, 1.807) is 7.05 Å². The molecule has 0 aromatic carbocycles. The van der Waals surface area contributed by atoms with Crippen LogP contribution in [-0.4, -0.2) is 30.3 Å². The van der Waals surface area contributed by atoms with Gasteiger partial charge < -0.3 is 10.6 Å². The Bertz CT molecular complexity index is 285. The predicted molar refractivity (Wildman–Crippen MR) is 47.3 cm³/mol. The summed E-state index contributed by atoms with van der Waals surface area (Å²) in [6.07, 6.45) is -4.40. The SMILES string of the molecule is CNCCNc1nnc(C(F)(F)F)s1. The van der Waals surface area contributed by atoms with Gasteiger partial charge in [-0.3, -0.25) is 0 Å². The van der Waals surface area contributed by atoms with Gasteiger partial charge in [-0.25, -0.2) is 0 Å². The van der Waals surface area contributed by atoms with Crippen molar-refractivity contribution in [2.75, 3.05) is 25.5 Å². The molecular formula is C6H9F3N4S. The van der Waals surface area contributed by atoms with Crippen molar-refractivity contribution in [2.24, 2.45) is 0 Å². The number of anilines is 1. The zero-order chi connectivity index (χ0) is 10.6. The quantitative estimate of drug-likeness (QED) is 0.757. The number of rotatable bonds is 4. The molecular weight excluding hydrogens is 217 g/mol. The van der Waals surface area contributed by atoms with E-state index in [1.165, 1.54) is 0 Å². The van der Waals surface area contributed by atoms with Crippen molar-refractivity contribution in [3.05, 3.63) is 5.01 Å². The van der Waals surface area contributed by atoms with E-state index in [0.29, 0.717) is 24.4 Å². The van der Waals surface area contributed by atoms with Gasteiger partial charge in [0, 0.05) is 13.1 Å². The lowest BCUT2D eigenvalue weighted by molar-refractivity contribution is -0.138. The second-order valence-electron chi connectivity index (χ2n) is 2.44. The van der Waals surface area contributed by atoms with E-state index in [2.05, 4.69) is 20.8 Å². The summed E-state index contributed by atoms with van der Waals surface area (Å²) < 4.78 is 36.2. The average Bonchev–Trinajstić information content (AvgIpc) is 2.52. The van der Waals surface area contributed by atoms with E-state index in [0.717, 1.165) is 0 Å². The fourth-order valence-electron chi connectivity index (χ4n) is 0.704. The molecule has 2 N–H and O–H groups in total. The summed E-state index contributed by atoms with van der Waals surface area (Å²) >= 11 is 0.504. The van der Waals surface area contributed by atoms with Crippen molar-refractivity contribution >= 4 is 16.5 Å². The van der Waals surface area contributed by atoms with E-state index in [4.69, 9.17) is 0 Å². The highest BCUT2D eigenvalue weighted by Gasteiger charge is 2.35. The van der Waals surface area contributed by atoms with Gasteiger partial charge in [-0.1, -0.05) is 11.3 Å². The molecule has 0 saturated heterocycles. The van der Waals surface area contributed by atoms with Crippen molar-refractivity contribution in [3.8, 4) is 0 Å². The summed E-state index contributed by atoms with van der Waals surface area (Å²) in [7, 11) is 1.75. The molecule has 0 bridgehead atoms. The fraction of sp³-hybridized carbons (Fsp3) is 0.667. The fourth-order valence-corrected chi connectivity index (χ4v) is 1.34. The van der Waals surface area contributed by atoms with Crippen molar-refractivity contribution in [1.82, 2.24) is 15.5 Å². The Kier molecular flexibility index (Phi) is 3.64. The summed E-state index contributed by atoms with van der Waals surface area (Å²) in [5, 5.41) is 11.2. The first kappa shape index (κ1) is 11.2. The summed E-state index contributed by atoms with van der Waals surface area (Å²) in [6, 6.07) is 0. The van der Waals surface area contributed by atoms with Crippen molar-refractivity contribution < 1.29 is 13.2 Å². The Labute approximate surface area is 82.5 Å². The molecule has 1 rings (SSSR count). The maximum absolute atomic E-state index is 12.1. The van der Waals surface area contributed by atoms with Crippen LogP contribution in [0.3, 0.4) is 0 Å². The third kappa shape index (κ3) is 3.11.